The molecule has 0 atom stereocenters. The van der Waals surface area contributed by atoms with E-state index in [4.69, 9.17) is 10.3 Å². The van der Waals surface area contributed by atoms with Crippen molar-refractivity contribution in [3.8, 4) is 0 Å². The van der Waals surface area contributed by atoms with E-state index in [9.17, 15) is 0 Å². The number of pyridine rings is 1. The molecule has 5 nitrogen and oxygen atoms in total. The number of rotatable bonds is 4. The minimum Gasteiger partial charge on any atom is -0.339 e. The van der Waals surface area contributed by atoms with Crippen LogP contribution in [0.1, 0.15) is 45.1 Å². The Labute approximate surface area is 113 Å². The lowest BCUT2D eigenvalue weighted by Crippen LogP contribution is -2.50. The molecule has 2 aromatic heterocycles. The third-order valence-electron chi connectivity index (χ3n) is 3.68. The molecule has 0 aliphatic heterocycles. The fraction of sp³-hybridized carbons (Fsp3) is 0.500. The summed E-state index contributed by atoms with van der Waals surface area (Å²) >= 11 is 0. The van der Waals surface area contributed by atoms with Gasteiger partial charge in [0.2, 0.25) is 5.89 Å². The van der Waals surface area contributed by atoms with Crippen LogP contribution >= 0.6 is 0 Å². The van der Waals surface area contributed by atoms with Crippen LogP contribution in [0.25, 0.3) is 0 Å². The van der Waals surface area contributed by atoms with E-state index < -0.39 is 5.54 Å². The van der Waals surface area contributed by atoms with E-state index in [2.05, 4.69) is 15.1 Å². The average molecular weight is 260 g/mol. The topological polar surface area (TPSA) is 77.8 Å². The molecule has 0 unspecified atom stereocenters. The highest BCUT2D eigenvalue weighted by Crippen LogP contribution is 2.31. The molecule has 0 bridgehead atoms. The lowest BCUT2D eigenvalue weighted by Gasteiger charge is -2.34. The van der Waals surface area contributed by atoms with Crippen molar-refractivity contribution in [2.45, 2.75) is 45.1 Å². The van der Waals surface area contributed by atoms with E-state index >= 15 is 0 Å². The van der Waals surface area contributed by atoms with Crippen LogP contribution < -0.4 is 5.73 Å². The van der Waals surface area contributed by atoms with Gasteiger partial charge in [-0.25, -0.2) is 0 Å². The van der Waals surface area contributed by atoms with Crippen LogP contribution in [-0.2, 0) is 11.8 Å². The summed E-state index contributed by atoms with van der Waals surface area (Å²) < 4.78 is 5.36. The third kappa shape index (κ3) is 2.81. The van der Waals surface area contributed by atoms with Crippen LogP contribution in [0, 0.1) is 0 Å². The molecule has 0 amide bonds. The Bertz CT molecular complexity index is 540. The molecule has 0 fully saturated rings. The predicted molar refractivity (Wildman–Crippen MR) is 72.6 cm³/mol. The van der Waals surface area contributed by atoms with Crippen molar-refractivity contribution in [3.63, 3.8) is 0 Å². The molecule has 0 saturated heterocycles. The van der Waals surface area contributed by atoms with Crippen molar-refractivity contribution >= 4 is 0 Å². The fourth-order valence-corrected chi connectivity index (χ4v) is 1.52. The largest absolute Gasteiger partial charge is 0.339 e. The summed E-state index contributed by atoms with van der Waals surface area (Å²) in [6.45, 7) is 7.92. The van der Waals surface area contributed by atoms with E-state index in [1.54, 1.807) is 6.20 Å². The highest BCUT2D eigenvalue weighted by atomic mass is 16.5. The van der Waals surface area contributed by atoms with Gasteiger partial charge >= 0.3 is 0 Å². The highest BCUT2D eigenvalue weighted by molar-refractivity contribution is 5.13. The molecule has 0 radical (unpaired) electrons. The maximum atomic E-state index is 6.17. The van der Waals surface area contributed by atoms with E-state index in [0.29, 0.717) is 18.1 Å². The lowest BCUT2D eigenvalue weighted by atomic mass is 9.75. The van der Waals surface area contributed by atoms with Gasteiger partial charge in [0.05, 0.1) is 11.8 Å². The second kappa shape index (κ2) is 4.74. The summed E-state index contributed by atoms with van der Waals surface area (Å²) in [5.41, 5.74) is 6.25. The van der Waals surface area contributed by atoms with Gasteiger partial charge in [0, 0.05) is 17.4 Å². The lowest BCUT2D eigenvalue weighted by molar-refractivity contribution is 0.222. The maximum Gasteiger partial charge on any atom is 0.234 e. The van der Waals surface area contributed by atoms with Gasteiger partial charge in [-0.3, -0.25) is 4.98 Å². The highest BCUT2D eigenvalue weighted by Gasteiger charge is 2.40. The van der Waals surface area contributed by atoms with E-state index in [1.807, 2.05) is 45.9 Å². The second-order valence-electron chi connectivity index (χ2n) is 5.86. The molecule has 102 valence electrons. The molecule has 0 spiro atoms. The molecule has 0 aliphatic rings. The van der Waals surface area contributed by atoms with Gasteiger partial charge in [-0.05, 0) is 39.8 Å². The number of aromatic nitrogens is 3. The van der Waals surface area contributed by atoms with Crippen molar-refractivity contribution in [3.05, 3.63) is 41.8 Å². The molecule has 5 heteroatoms. The van der Waals surface area contributed by atoms with Crippen molar-refractivity contribution in [2.24, 2.45) is 5.73 Å². The quantitative estimate of drug-likeness (QED) is 0.910. The summed E-state index contributed by atoms with van der Waals surface area (Å²) in [5.74, 6) is 1.19. The third-order valence-corrected chi connectivity index (χ3v) is 3.68. The van der Waals surface area contributed by atoms with Crippen LogP contribution in [0.5, 0.6) is 0 Å². The average Bonchev–Trinajstić information content (AvgIpc) is 2.78. The minimum atomic E-state index is -0.443. The van der Waals surface area contributed by atoms with Gasteiger partial charge in [-0.15, -0.1) is 0 Å². The molecular weight excluding hydrogens is 240 g/mol. The van der Waals surface area contributed by atoms with Crippen LogP contribution in [0.15, 0.2) is 28.9 Å². The molecule has 2 rings (SSSR count). The van der Waals surface area contributed by atoms with Gasteiger partial charge < -0.3 is 10.3 Å². The van der Waals surface area contributed by atoms with E-state index in [-0.39, 0.29) is 5.41 Å². The second-order valence-corrected chi connectivity index (χ2v) is 5.86. The number of nitrogens with two attached hydrogens (primary N) is 1. The Morgan fingerprint density at radius 1 is 1.21 bits per heavy atom. The van der Waals surface area contributed by atoms with Gasteiger partial charge in [-0.1, -0.05) is 11.2 Å². The van der Waals surface area contributed by atoms with Crippen molar-refractivity contribution in [1.29, 1.82) is 0 Å². The smallest absolute Gasteiger partial charge is 0.234 e. The summed E-state index contributed by atoms with van der Waals surface area (Å²) in [4.78, 5) is 8.69. The molecule has 2 heterocycles. The van der Waals surface area contributed by atoms with Crippen LogP contribution in [0.4, 0.5) is 0 Å². The number of nitrogens with zero attached hydrogens (tertiary/aromatic N) is 3. The Morgan fingerprint density at radius 2 is 1.95 bits per heavy atom. The number of hydrogen-bond acceptors (Lipinski definition) is 5. The maximum absolute atomic E-state index is 6.17. The van der Waals surface area contributed by atoms with E-state index in [0.717, 1.165) is 5.69 Å². The first-order valence-electron chi connectivity index (χ1n) is 6.32. The normalized spacial score (nSPS) is 12.7. The molecule has 0 aromatic carbocycles. The van der Waals surface area contributed by atoms with E-state index in [1.165, 1.54) is 0 Å². The van der Waals surface area contributed by atoms with Gasteiger partial charge in [-0.2, -0.15) is 4.98 Å². The predicted octanol–water partition coefficient (Wildman–Crippen LogP) is 2.07. The van der Waals surface area contributed by atoms with Gasteiger partial charge in [0.25, 0.3) is 0 Å². The van der Waals surface area contributed by atoms with Crippen LogP contribution in [0.2, 0.25) is 0 Å². The van der Waals surface area contributed by atoms with Crippen molar-refractivity contribution in [1.82, 2.24) is 15.1 Å². The monoisotopic (exact) mass is 260 g/mol. The zero-order chi connectivity index (χ0) is 14.1. The molecule has 19 heavy (non-hydrogen) atoms. The van der Waals surface area contributed by atoms with Crippen LogP contribution in [-0.4, -0.2) is 20.7 Å². The molecule has 2 N–H and O–H groups in total. The summed E-state index contributed by atoms with van der Waals surface area (Å²) in [6, 6.07) is 5.76. The molecular formula is C14H20N4O. The Morgan fingerprint density at radius 3 is 2.53 bits per heavy atom. The molecule has 0 aliphatic carbocycles. The van der Waals surface area contributed by atoms with Crippen molar-refractivity contribution in [2.75, 3.05) is 0 Å². The SMILES string of the molecule is CC(C)(N)C(C)(C)c1nc(Cc2ccccn2)no1. The summed E-state index contributed by atoms with van der Waals surface area (Å²) in [5, 5.41) is 4.01. The zero-order valence-corrected chi connectivity index (χ0v) is 11.8. The first-order valence-corrected chi connectivity index (χ1v) is 6.32. The summed E-state index contributed by atoms with van der Waals surface area (Å²) in [7, 11) is 0. The fourth-order valence-electron chi connectivity index (χ4n) is 1.52. The zero-order valence-electron chi connectivity index (χ0n) is 11.8. The Kier molecular flexibility index (Phi) is 3.41. The minimum absolute atomic E-state index is 0.387. The standard InChI is InChI=1S/C14H20N4O/c1-13(2,14(3,4)15)12-17-11(18-19-12)9-10-7-5-6-8-16-10/h5-8H,9,15H2,1-4H3. The Balaban J connectivity index is 2.20. The van der Waals surface area contributed by atoms with Crippen LogP contribution in [0.3, 0.4) is 0 Å². The van der Waals surface area contributed by atoms with Gasteiger partial charge in [0.1, 0.15) is 0 Å². The molecule has 2 aromatic rings. The Hall–Kier alpha value is -1.75. The van der Waals surface area contributed by atoms with Gasteiger partial charge in [0.15, 0.2) is 5.82 Å². The van der Waals surface area contributed by atoms with Crippen molar-refractivity contribution < 1.29 is 4.52 Å². The number of hydrogen-bond donors (Lipinski definition) is 1. The first-order chi connectivity index (χ1) is 8.80. The molecule has 0 saturated carbocycles. The first kappa shape index (κ1) is 13.7. The summed E-state index contributed by atoms with van der Waals surface area (Å²) in [6.07, 6.45) is 2.31.